The first-order valence-corrected chi connectivity index (χ1v) is 6.53. The second-order valence-corrected chi connectivity index (χ2v) is 5.21. The summed E-state index contributed by atoms with van der Waals surface area (Å²) in [4.78, 5) is 11.7. The smallest absolute Gasteiger partial charge is 0.226 e. The fourth-order valence-corrected chi connectivity index (χ4v) is 2.41. The van der Waals surface area contributed by atoms with Crippen LogP contribution in [0.4, 0.5) is 14.5 Å². The van der Waals surface area contributed by atoms with Crippen LogP contribution in [-0.4, -0.2) is 18.5 Å². The zero-order valence-corrected chi connectivity index (χ0v) is 11.2. The number of amides is 1. The number of carbonyl (C=O) groups is 1. The van der Waals surface area contributed by atoms with Crippen LogP contribution in [0.1, 0.15) is 19.3 Å². The highest BCUT2D eigenvalue weighted by molar-refractivity contribution is 9.10. The van der Waals surface area contributed by atoms with Crippen molar-refractivity contribution in [2.75, 3.05) is 11.9 Å². The molecule has 18 heavy (non-hydrogen) atoms. The van der Waals surface area contributed by atoms with E-state index in [-0.39, 0.29) is 24.1 Å². The van der Waals surface area contributed by atoms with Crippen molar-refractivity contribution in [3.8, 4) is 0 Å². The predicted octanol–water partition coefficient (Wildman–Crippen LogP) is 2.81. The molecule has 2 N–H and O–H groups in total. The van der Waals surface area contributed by atoms with Gasteiger partial charge in [-0.3, -0.25) is 4.79 Å². The maximum absolute atomic E-state index is 13.5. The second-order valence-electron chi connectivity index (χ2n) is 4.29. The third-order valence-corrected chi connectivity index (χ3v) is 3.32. The van der Waals surface area contributed by atoms with Gasteiger partial charge in [0.1, 0.15) is 5.69 Å². The molecule has 0 aromatic heterocycles. The van der Waals surface area contributed by atoms with Crippen LogP contribution in [0, 0.1) is 11.6 Å². The van der Waals surface area contributed by atoms with E-state index in [2.05, 4.69) is 26.6 Å². The Morgan fingerprint density at radius 3 is 2.67 bits per heavy atom. The van der Waals surface area contributed by atoms with E-state index in [4.69, 9.17) is 0 Å². The number of rotatable bonds is 3. The van der Waals surface area contributed by atoms with E-state index < -0.39 is 11.6 Å². The van der Waals surface area contributed by atoms with E-state index in [1.807, 2.05) is 0 Å². The summed E-state index contributed by atoms with van der Waals surface area (Å²) in [6.07, 6.45) is 2.17. The summed E-state index contributed by atoms with van der Waals surface area (Å²) in [6, 6.07) is 2.34. The van der Waals surface area contributed by atoms with Crippen LogP contribution in [0.15, 0.2) is 16.6 Å². The van der Waals surface area contributed by atoms with Gasteiger partial charge >= 0.3 is 0 Å². The van der Waals surface area contributed by atoms with Gasteiger partial charge in [-0.25, -0.2) is 8.78 Å². The molecule has 98 valence electrons. The Labute approximate surface area is 112 Å². The van der Waals surface area contributed by atoms with Crippen LogP contribution >= 0.6 is 15.9 Å². The monoisotopic (exact) mass is 318 g/mol. The normalized spacial score (nSPS) is 18.9. The summed E-state index contributed by atoms with van der Waals surface area (Å²) >= 11 is 2.98. The van der Waals surface area contributed by atoms with Crippen molar-refractivity contribution in [3.05, 3.63) is 28.2 Å². The van der Waals surface area contributed by atoms with Gasteiger partial charge in [-0.15, -0.1) is 0 Å². The first kappa shape index (κ1) is 13.4. The Morgan fingerprint density at radius 1 is 1.44 bits per heavy atom. The van der Waals surface area contributed by atoms with Crippen LogP contribution < -0.4 is 10.6 Å². The van der Waals surface area contributed by atoms with Crippen LogP contribution in [0.3, 0.4) is 0 Å². The summed E-state index contributed by atoms with van der Waals surface area (Å²) in [5, 5.41) is 5.44. The highest BCUT2D eigenvalue weighted by atomic mass is 79.9. The minimum Gasteiger partial charge on any atom is -0.321 e. The van der Waals surface area contributed by atoms with E-state index in [0.717, 1.165) is 31.5 Å². The van der Waals surface area contributed by atoms with Gasteiger partial charge in [-0.2, -0.15) is 0 Å². The third kappa shape index (κ3) is 3.26. The highest BCUT2D eigenvalue weighted by Gasteiger charge is 2.19. The molecule has 0 radical (unpaired) electrons. The first-order valence-electron chi connectivity index (χ1n) is 5.74. The van der Waals surface area contributed by atoms with Gasteiger partial charge in [0.25, 0.3) is 0 Å². The molecule has 3 nitrogen and oxygen atoms in total. The number of anilines is 1. The number of halogens is 3. The lowest BCUT2D eigenvalue weighted by molar-refractivity contribution is -0.116. The number of hydrogen-bond donors (Lipinski definition) is 2. The Kier molecular flexibility index (Phi) is 4.29. The first-order chi connectivity index (χ1) is 8.56. The molecule has 1 aliphatic heterocycles. The van der Waals surface area contributed by atoms with Crippen LogP contribution in [0.25, 0.3) is 0 Å². The topological polar surface area (TPSA) is 41.1 Å². The van der Waals surface area contributed by atoms with Crippen molar-refractivity contribution in [1.29, 1.82) is 0 Å². The molecule has 0 spiro atoms. The van der Waals surface area contributed by atoms with Crippen molar-refractivity contribution in [2.24, 2.45) is 0 Å². The van der Waals surface area contributed by atoms with Gasteiger partial charge < -0.3 is 10.6 Å². The SMILES string of the molecule is O=C(CC1CCCN1)Nc1c(F)cc(Br)cc1F. The summed E-state index contributed by atoms with van der Waals surface area (Å²) in [5.74, 6) is -1.95. The van der Waals surface area contributed by atoms with Gasteiger partial charge in [0.05, 0.1) is 0 Å². The zero-order valence-electron chi connectivity index (χ0n) is 9.60. The molecule has 1 aliphatic rings. The fourth-order valence-electron chi connectivity index (χ4n) is 2.01. The molecule has 1 fully saturated rings. The largest absolute Gasteiger partial charge is 0.321 e. The second kappa shape index (κ2) is 5.75. The lowest BCUT2D eigenvalue weighted by Gasteiger charge is -2.11. The Morgan fingerprint density at radius 2 is 2.11 bits per heavy atom. The summed E-state index contributed by atoms with van der Waals surface area (Å²) in [5.41, 5.74) is -0.388. The van der Waals surface area contributed by atoms with E-state index >= 15 is 0 Å². The zero-order chi connectivity index (χ0) is 13.1. The quantitative estimate of drug-likeness (QED) is 0.899. The number of benzene rings is 1. The highest BCUT2D eigenvalue weighted by Crippen LogP contribution is 2.24. The Bertz CT molecular complexity index is 438. The van der Waals surface area contributed by atoms with E-state index in [1.54, 1.807) is 0 Å². The van der Waals surface area contributed by atoms with Crippen molar-refractivity contribution >= 4 is 27.5 Å². The fraction of sp³-hybridized carbons (Fsp3) is 0.417. The molecule has 1 saturated heterocycles. The standard InChI is InChI=1S/C12H13BrF2N2O/c13-7-4-9(14)12(10(15)5-7)17-11(18)6-8-2-1-3-16-8/h4-5,8,16H,1-3,6H2,(H,17,18). The maximum atomic E-state index is 13.5. The minimum absolute atomic E-state index is 0.103. The average molecular weight is 319 g/mol. The molecule has 1 atom stereocenters. The van der Waals surface area contributed by atoms with Gasteiger partial charge in [-0.1, -0.05) is 15.9 Å². The molecule has 2 rings (SSSR count). The molecule has 1 aromatic carbocycles. The van der Waals surface area contributed by atoms with E-state index in [9.17, 15) is 13.6 Å². The van der Waals surface area contributed by atoms with Crippen molar-refractivity contribution in [3.63, 3.8) is 0 Å². The minimum atomic E-state index is -0.783. The van der Waals surface area contributed by atoms with Gasteiger partial charge in [0.15, 0.2) is 11.6 Å². The molecular weight excluding hydrogens is 306 g/mol. The molecule has 1 unspecified atom stereocenters. The summed E-state index contributed by atoms with van der Waals surface area (Å²) in [6.45, 7) is 0.888. The Hall–Kier alpha value is -1.01. The van der Waals surface area contributed by atoms with Crippen molar-refractivity contribution < 1.29 is 13.6 Å². The van der Waals surface area contributed by atoms with Crippen LogP contribution in [0.5, 0.6) is 0 Å². The van der Waals surface area contributed by atoms with Gasteiger partial charge in [-0.05, 0) is 31.5 Å². The lowest BCUT2D eigenvalue weighted by Crippen LogP contribution is -2.27. The third-order valence-electron chi connectivity index (χ3n) is 2.87. The van der Waals surface area contributed by atoms with Crippen LogP contribution in [0.2, 0.25) is 0 Å². The average Bonchev–Trinajstić information content (AvgIpc) is 2.76. The summed E-state index contributed by atoms with van der Waals surface area (Å²) < 4.78 is 27.3. The molecular formula is C12H13BrF2N2O. The van der Waals surface area contributed by atoms with Crippen molar-refractivity contribution in [2.45, 2.75) is 25.3 Å². The molecule has 1 heterocycles. The predicted molar refractivity (Wildman–Crippen MR) is 68.3 cm³/mol. The molecule has 1 aromatic rings. The maximum Gasteiger partial charge on any atom is 0.226 e. The number of hydrogen-bond acceptors (Lipinski definition) is 2. The van der Waals surface area contributed by atoms with Gasteiger partial charge in [0.2, 0.25) is 5.91 Å². The molecule has 6 heteroatoms. The van der Waals surface area contributed by atoms with E-state index in [0.29, 0.717) is 4.47 Å². The summed E-state index contributed by atoms with van der Waals surface area (Å²) in [7, 11) is 0. The van der Waals surface area contributed by atoms with E-state index in [1.165, 1.54) is 0 Å². The van der Waals surface area contributed by atoms with Crippen LogP contribution in [-0.2, 0) is 4.79 Å². The Balaban J connectivity index is 2.02. The number of nitrogens with one attached hydrogen (secondary N) is 2. The van der Waals surface area contributed by atoms with Gasteiger partial charge in [0, 0.05) is 16.9 Å². The van der Waals surface area contributed by atoms with Crippen molar-refractivity contribution in [1.82, 2.24) is 5.32 Å². The number of carbonyl (C=O) groups excluding carboxylic acids is 1. The molecule has 1 amide bonds. The lowest BCUT2D eigenvalue weighted by atomic mass is 10.1. The molecule has 0 bridgehead atoms. The molecule has 0 aliphatic carbocycles. The molecule has 0 saturated carbocycles.